The van der Waals surface area contributed by atoms with Gasteiger partial charge in [-0.15, -0.1) is 0 Å². The van der Waals surface area contributed by atoms with Gasteiger partial charge >= 0.3 is 0 Å². The smallest absolute Gasteiger partial charge is 0.0998 e. The normalized spacial score (nSPS) is 11.3. The minimum Gasteiger partial charge on any atom is -0.309 e. The number of aromatic nitrogens is 2. The van der Waals surface area contributed by atoms with E-state index in [2.05, 4.69) is 143 Å². The molecule has 4 nitrogen and oxygen atoms in total. The molecule has 9 aromatic rings. The summed E-state index contributed by atoms with van der Waals surface area (Å²) in [4.78, 5) is 0. The second-order valence-corrected chi connectivity index (χ2v) is 12.0. The Hall–Kier alpha value is -6.88. The van der Waals surface area contributed by atoms with Crippen molar-refractivity contribution < 1.29 is 0 Å². The molecule has 0 aliphatic heterocycles. The fourth-order valence-electron chi connectivity index (χ4n) is 7.33. The summed E-state index contributed by atoms with van der Waals surface area (Å²) in [6.07, 6.45) is 0. The number of para-hydroxylation sites is 3. The number of hydrogen-bond donors (Lipinski definition) is 0. The molecule has 0 fully saturated rings. The average Bonchev–Trinajstić information content (AvgIpc) is 3.68. The van der Waals surface area contributed by atoms with Crippen molar-refractivity contribution >= 4 is 43.6 Å². The first-order valence-corrected chi connectivity index (χ1v) is 15.9. The van der Waals surface area contributed by atoms with Gasteiger partial charge in [-0.05, 0) is 77.4 Å². The molecule has 2 aromatic heterocycles. The molecule has 0 atom stereocenters. The van der Waals surface area contributed by atoms with Gasteiger partial charge in [0.2, 0.25) is 0 Å². The average molecular weight is 611 g/mol. The Labute approximate surface area is 277 Å². The van der Waals surface area contributed by atoms with Crippen LogP contribution >= 0.6 is 0 Å². The number of hydrogen-bond acceptors (Lipinski definition) is 2. The molecule has 4 heteroatoms. The monoisotopic (exact) mass is 610 g/mol. The number of rotatable bonds is 4. The van der Waals surface area contributed by atoms with E-state index >= 15 is 0 Å². The minimum absolute atomic E-state index is 0.521. The second-order valence-electron chi connectivity index (χ2n) is 12.0. The zero-order valence-electron chi connectivity index (χ0n) is 25.8. The maximum atomic E-state index is 10.1. The summed E-state index contributed by atoms with van der Waals surface area (Å²) in [5.74, 6) is 0. The van der Waals surface area contributed by atoms with E-state index in [1.807, 2.05) is 24.3 Å². The molecule has 222 valence electrons. The van der Waals surface area contributed by atoms with Gasteiger partial charge in [0, 0.05) is 38.5 Å². The van der Waals surface area contributed by atoms with Crippen molar-refractivity contribution in [2.24, 2.45) is 0 Å². The van der Waals surface area contributed by atoms with E-state index in [0.717, 1.165) is 44.7 Å². The molecule has 0 N–H and O–H groups in total. The van der Waals surface area contributed by atoms with E-state index in [-0.39, 0.29) is 0 Å². The molecule has 0 aliphatic carbocycles. The predicted octanol–water partition coefficient (Wildman–Crippen LogP) is 11.0. The van der Waals surface area contributed by atoms with Gasteiger partial charge in [0.05, 0.1) is 45.3 Å². The minimum atomic E-state index is 0.521. The van der Waals surface area contributed by atoms with Crippen molar-refractivity contribution in [2.75, 3.05) is 0 Å². The summed E-state index contributed by atoms with van der Waals surface area (Å²) in [7, 11) is 0. The summed E-state index contributed by atoms with van der Waals surface area (Å²) in [5, 5.41) is 24.6. The first-order valence-electron chi connectivity index (χ1n) is 15.9. The van der Waals surface area contributed by atoms with Crippen molar-refractivity contribution in [3.05, 3.63) is 169 Å². The molecule has 0 saturated carbocycles. The lowest BCUT2D eigenvalue weighted by Gasteiger charge is -2.16. The van der Waals surface area contributed by atoms with Crippen molar-refractivity contribution in [1.82, 2.24) is 9.13 Å². The van der Waals surface area contributed by atoms with Crippen molar-refractivity contribution in [3.8, 4) is 45.8 Å². The molecule has 48 heavy (non-hydrogen) atoms. The van der Waals surface area contributed by atoms with Crippen LogP contribution in [0, 0.1) is 22.7 Å². The Bertz CT molecular complexity index is 2790. The summed E-state index contributed by atoms with van der Waals surface area (Å²) < 4.78 is 4.75. The third-order valence-electron chi connectivity index (χ3n) is 9.39. The standard InChI is InChI=1S/C44H26N4/c45-27-29-19-20-31(28-46)38(25-29)34-22-21-33(26-39(34)30-11-3-1-4-12-30)47-41-18-10-8-16-37(41)43-42(47)24-23-36-35-15-7-9-17-40(35)48(44(36)43)32-13-5-2-6-14-32/h1-26H. The fraction of sp³-hybridized carbons (Fsp3) is 0. The largest absolute Gasteiger partial charge is 0.309 e. The van der Waals surface area contributed by atoms with Crippen LogP contribution in [0.15, 0.2) is 158 Å². The van der Waals surface area contributed by atoms with E-state index in [0.29, 0.717) is 11.1 Å². The number of fused-ring (bicyclic) bond motifs is 7. The summed E-state index contributed by atoms with van der Waals surface area (Å²) >= 11 is 0. The molecule has 0 amide bonds. The maximum Gasteiger partial charge on any atom is 0.0998 e. The van der Waals surface area contributed by atoms with Crippen LogP contribution < -0.4 is 0 Å². The zero-order chi connectivity index (χ0) is 32.2. The lowest BCUT2D eigenvalue weighted by atomic mass is 9.90. The van der Waals surface area contributed by atoms with Crippen LogP contribution in [0.25, 0.3) is 77.2 Å². The molecule has 0 bridgehead atoms. The second kappa shape index (κ2) is 10.9. The molecule has 0 aliphatic rings. The molecule has 7 aromatic carbocycles. The first-order chi connectivity index (χ1) is 23.7. The van der Waals surface area contributed by atoms with Gasteiger partial charge in [-0.25, -0.2) is 0 Å². The Balaban J connectivity index is 1.39. The van der Waals surface area contributed by atoms with Crippen LogP contribution in [0.5, 0.6) is 0 Å². The van der Waals surface area contributed by atoms with Crippen molar-refractivity contribution in [3.63, 3.8) is 0 Å². The van der Waals surface area contributed by atoms with Gasteiger partial charge in [0.25, 0.3) is 0 Å². The molecule has 2 heterocycles. The van der Waals surface area contributed by atoms with Crippen molar-refractivity contribution in [2.45, 2.75) is 0 Å². The van der Waals surface area contributed by atoms with E-state index in [1.165, 1.54) is 32.6 Å². The third-order valence-corrected chi connectivity index (χ3v) is 9.39. The summed E-state index contributed by atoms with van der Waals surface area (Å²) in [6.45, 7) is 0. The number of benzene rings is 7. The van der Waals surface area contributed by atoms with Crippen LogP contribution in [-0.2, 0) is 0 Å². The molecule has 0 saturated heterocycles. The summed E-state index contributed by atoms with van der Waals surface area (Å²) in [6, 6.07) is 58.9. The Morgan fingerprint density at radius 1 is 0.417 bits per heavy atom. The van der Waals surface area contributed by atoms with Gasteiger partial charge in [-0.3, -0.25) is 0 Å². The van der Waals surface area contributed by atoms with E-state index in [4.69, 9.17) is 0 Å². The van der Waals surface area contributed by atoms with E-state index in [9.17, 15) is 10.5 Å². The van der Waals surface area contributed by atoms with Crippen LogP contribution in [0.4, 0.5) is 0 Å². The highest BCUT2D eigenvalue weighted by molar-refractivity contribution is 6.26. The Morgan fingerprint density at radius 3 is 1.85 bits per heavy atom. The van der Waals surface area contributed by atoms with E-state index < -0.39 is 0 Å². The SMILES string of the molecule is N#Cc1ccc(C#N)c(-c2ccc(-n3c4ccccc4c4c3ccc3c5ccccc5n(-c5ccccc5)c34)cc2-c2ccccc2)c1. The highest BCUT2D eigenvalue weighted by Gasteiger charge is 2.21. The van der Waals surface area contributed by atoms with Gasteiger partial charge in [-0.1, -0.05) is 97.1 Å². The lowest BCUT2D eigenvalue weighted by molar-refractivity contribution is 1.17. The van der Waals surface area contributed by atoms with Crippen LogP contribution in [0.3, 0.4) is 0 Å². The molecule has 0 radical (unpaired) electrons. The first kappa shape index (κ1) is 27.4. The molecule has 0 unspecified atom stereocenters. The highest BCUT2D eigenvalue weighted by Crippen LogP contribution is 2.43. The summed E-state index contributed by atoms with van der Waals surface area (Å²) in [5.41, 5.74) is 11.5. The Morgan fingerprint density at radius 2 is 1.10 bits per heavy atom. The molecule has 0 spiro atoms. The van der Waals surface area contributed by atoms with Gasteiger partial charge in [-0.2, -0.15) is 10.5 Å². The number of nitriles is 2. The van der Waals surface area contributed by atoms with Crippen LogP contribution in [0.2, 0.25) is 0 Å². The highest BCUT2D eigenvalue weighted by atomic mass is 15.0. The van der Waals surface area contributed by atoms with Gasteiger partial charge in [0.1, 0.15) is 0 Å². The third kappa shape index (κ3) is 4.07. The quantitative estimate of drug-likeness (QED) is 0.199. The maximum absolute atomic E-state index is 10.1. The fourth-order valence-corrected chi connectivity index (χ4v) is 7.33. The molecular formula is C44H26N4. The van der Waals surface area contributed by atoms with Gasteiger partial charge < -0.3 is 9.13 Å². The van der Waals surface area contributed by atoms with E-state index in [1.54, 1.807) is 12.1 Å². The number of nitrogens with zero attached hydrogens (tertiary/aromatic N) is 4. The van der Waals surface area contributed by atoms with Crippen LogP contribution in [-0.4, -0.2) is 9.13 Å². The predicted molar refractivity (Wildman–Crippen MR) is 195 cm³/mol. The molecular weight excluding hydrogens is 585 g/mol. The van der Waals surface area contributed by atoms with Crippen molar-refractivity contribution in [1.29, 1.82) is 10.5 Å². The topological polar surface area (TPSA) is 57.4 Å². The zero-order valence-corrected chi connectivity index (χ0v) is 25.8. The lowest BCUT2D eigenvalue weighted by Crippen LogP contribution is -1.97. The van der Waals surface area contributed by atoms with Crippen LogP contribution in [0.1, 0.15) is 11.1 Å². The van der Waals surface area contributed by atoms with Gasteiger partial charge in [0.15, 0.2) is 0 Å². The molecule has 9 rings (SSSR count). The Kier molecular flexibility index (Phi) is 6.22.